The molecular formula is C12H16ClF2NO3. The van der Waals surface area contributed by atoms with Gasteiger partial charge in [0.25, 0.3) is 0 Å². The highest BCUT2D eigenvalue weighted by Gasteiger charge is 2.42. The highest BCUT2D eigenvalue weighted by molar-refractivity contribution is 6.32. The van der Waals surface area contributed by atoms with Crippen molar-refractivity contribution in [1.82, 2.24) is 4.90 Å². The summed E-state index contributed by atoms with van der Waals surface area (Å²) in [6.07, 6.45) is 1.97. The van der Waals surface area contributed by atoms with Gasteiger partial charge in [-0.1, -0.05) is 0 Å². The summed E-state index contributed by atoms with van der Waals surface area (Å²) in [5, 5.41) is -3.95. The largest absolute Gasteiger partial charge is 0.432 e. The van der Waals surface area contributed by atoms with Crippen LogP contribution in [0.15, 0.2) is 12.0 Å². The zero-order valence-corrected chi connectivity index (χ0v) is 11.8. The Hall–Kier alpha value is -1.17. The van der Waals surface area contributed by atoms with Gasteiger partial charge in [0.2, 0.25) is 0 Å². The minimum absolute atomic E-state index is 0.139. The fourth-order valence-corrected chi connectivity index (χ4v) is 1.60. The van der Waals surface area contributed by atoms with Crippen LogP contribution in [-0.4, -0.2) is 28.7 Å². The van der Waals surface area contributed by atoms with Crippen LogP contribution in [0.1, 0.15) is 33.6 Å². The molecule has 0 saturated carbocycles. The third-order valence-corrected chi connectivity index (χ3v) is 2.73. The molecule has 1 rings (SSSR count). The Bertz CT molecular complexity index is 410. The molecule has 4 nitrogen and oxygen atoms in total. The molecule has 0 aliphatic carbocycles. The molecule has 0 radical (unpaired) electrons. The Labute approximate surface area is 115 Å². The van der Waals surface area contributed by atoms with Gasteiger partial charge in [-0.3, -0.25) is 9.59 Å². The van der Waals surface area contributed by atoms with Crippen molar-refractivity contribution in [2.75, 3.05) is 6.54 Å². The molecule has 0 aromatic rings. The summed E-state index contributed by atoms with van der Waals surface area (Å²) in [4.78, 5) is 23.8. The van der Waals surface area contributed by atoms with E-state index in [0.29, 0.717) is 12.8 Å². The lowest BCUT2D eigenvalue weighted by Gasteiger charge is -2.20. The molecule has 1 aliphatic rings. The van der Waals surface area contributed by atoms with Gasteiger partial charge < -0.3 is 9.64 Å². The topological polar surface area (TPSA) is 46.6 Å². The Morgan fingerprint density at radius 2 is 1.95 bits per heavy atom. The second-order valence-electron chi connectivity index (χ2n) is 5.32. The van der Waals surface area contributed by atoms with E-state index in [1.807, 2.05) is 0 Å². The van der Waals surface area contributed by atoms with Gasteiger partial charge in [-0.25, -0.2) is 0 Å². The van der Waals surface area contributed by atoms with E-state index in [0.717, 1.165) is 11.2 Å². The van der Waals surface area contributed by atoms with Crippen molar-refractivity contribution >= 4 is 23.5 Å². The first kappa shape index (κ1) is 15.9. The highest BCUT2D eigenvalue weighted by Crippen LogP contribution is 2.29. The van der Waals surface area contributed by atoms with Crippen molar-refractivity contribution < 1.29 is 23.1 Å². The van der Waals surface area contributed by atoms with E-state index in [9.17, 15) is 18.4 Å². The molecule has 0 bridgehead atoms. The SMILES string of the molecule is CC(C)(C)C(=O)O/C=C1\CCCN1C(=O)C(F)(F)Cl. The number of hydrogen-bond donors (Lipinski definition) is 0. The van der Waals surface area contributed by atoms with E-state index in [2.05, 4.69) is 0 Å². The lowest BCUT2D eigenvalue weighted by atomic mass is 9.97. The van der Waals surface area contributed by atoms with Gasteiger partial charge in [0, 0.05) is 6.54 Å². The van der Waals surface area contributed by atoms with E-state index in [1.165, 1.54) is 0 Å². The van der Waals surface area contributed by atoms with Crippen LogP contribution in [0.25, 0.3) is 0 Å². The van der Waals surface area contributed by atoms with Crippen LogP contribution in [0.2, 0.25) is 0 Å². The normalized spacial score (nSPS) is 18.8. The standard InChI is InChI=1S/C12H16ClF2NO3/c1-11(2,3)10(18)19-7-8-5-4-6-16(8)9(17)12(13,14)15/h7H,4-6H2,1-3H3/b8-7+. The van der Waals surface area contributed by atoms with Crippen molar-refractivity contribution in [2.45, 2.75) is 39.0 Å². The number of esters is 1. The second kappa shape index (κ2) is 5.45. The zero-order valence-electron chi connectivity index (χ0n) is 11.0. The molecule has 0 unspecified atom stereocenters. The lowest BCUT2D eigenvalue weighted by molar-refractivity contribution is -0.148. The highest BCUT2D eigenvalue weighted by atomic mass is 35.5. The monoisotopic (exact) mass is 295 g/mol. The van der Waals surface area contributed by atoms with E-state index >= 15 is 0 Å². The summed E-state index contributed by atoms with van der Waals surface area (Å²) in [6, 6.07) is 0. The molecule has 0 aromatic carbocycles. The third kappa shape index (κ3) is 4.16. The van der Waals surface area contributed by atoms with Gasteiger partial charge in [-0.05, 0) is 45.2 Å². The number of ether oxygens (including phenoxy) is 1. The number of nitrogens with zero attached hydrogens (tertiary/aromatic N) is 1. The van der Waals surface area contributed by atoms with E-state index in [4.69, 9.17) is 16.3 Å². The zero-order chi connectivity index (χ0) is 14.8. The molecule has 1 amide bonds. The molecule has 1 heterocycles. The number of carbonyl (C=O) groups excluding carboxylic acids is 2. The van der Waals surface area contributed by atoms with Crippen molar-refractivity contribution in [3.8, 4) is 0 Å². The van der Waals surface area contributed by atoms with Crippen LogP contribution < -0.4 is 0 Å². The van der Waals surface area contributed by atoms with E-state index < -0.39 is 22.7 Å². The quantitative estimate of drug-likeness (QED) is 0.447. The van der Waals surface area contributed by atoms with Gasteiger partial charge in [0.1, 0.15) is 6.26 Å². The molecule has 0 aromatic heterocycles. The summed E-state index contributed by atoms with van der Waals surface area (Å²) in [6.45, 7) is 5.13. The van der Waals surface area contributed by atoms with Crippen LogP contribution in [0.4, 0.5) is 8.78 Å². The smallest absolute Gasteiger partial charge is 0.400 e. The molecular weight excluding hydrogens is 280 g/mol. The number of amides is 1. The molecule has 0 N–H and O–H groups in total. The van der Waals surface area contributed by atoms with Gasteiger partial charge in [0.05, 0.1) is 11.1 Å². The molecule has 1 aliphatic heterocycles. The van der Waals surface area contributed by atoms with Gasteiger partial charge >= 0.3 is 17.3 Å². The van der Waals surface area contributed by atoms with Crippen molar-refractivity contribution in [1.29, 1.82) is 0 Å². The Morgan fingerprint density at radius 3 is 2.42 bits per heavy atom. The maximum Gasteiger partial charge on any atom is 0.400 e. The van der Waals surface area contributed by atoms with Crippen LogP contribution >= 0.6 is 11.6 Å². The lowest BCUT2D eigenvalue weighted by Crippen LogP contribution is -2.37. The summed E-state index contributed by atoms with van der Waals surface area (Å²) in [7, 11) is 0. The molecule has 0 atom stereocenters. The van der Waals surface area contributed by atoms with Crippen molar-refractivity contribution in [3.63, 3.8) is 0 Å². The average Bonchev–Trinajstić information content (AvgIpc) is 2.69. The summed E-state index contributed by atoms with van der Waals surface area (Å²) >= 11 is 4.70. The van der Waals surface area contributed by atoms with Crippen LogP contribution in [0.5, 0.6) is 0 Å². The average molecular weight is 296 g/mol. The van der Waals surface area contributed by atoms with Gasteiger partial charge in [-0.2, -0.15) is 8.78 Å². The summed E-state index contributed by atoms with van der Waals surface area (Å²) in [5.41, 5.74) is -0.469. The molecule has 19 heavy (non-hydrogen) atoms. The number of hydrogen-bond acceptors (Lipinski definition) is 3. The number of likely N-dealkylation sites (tertiary alicyclic amines) is 1. The molecule has 1 fully saturated rings. The second-order valence-corrected chi connectivity index (χ2v) is 5.80. The van der Waals surface area contributed by atoms with E-state index in [1.54, 1.807) is 20.8 Å². The first-order valence-corrected chi connectivity index (χ1v) is 6.20. The van der Waals surface area contributed by atoms with E-state index in [-0.39, 0.29) is 12.2 Å². The predicted octanol–water partition coefficient (Wildman–Crippen LogP) is 2.87. The molecule has 0 spiro atoms. The Balaban J connectivity index is 2.77. The van der Waals surface area contributed by atoms with Gasteiger partial charge in [-0.15, -0.1) is 0 Å². The first-order chi connectivity index (χ1) is 8.53. The number of halogens is 3. The minimum Gasteiger partial charge on any atom is -0.432 e. The van der Waals surface area contributed by atoms with Crippen molar-refractivity contribution in [3.05, 3.63) is 12.0 Å². The minimum atomic E-state index is -3.95. The maximum atomic E-state index is 12.8. The van der Waals surface area contributed by atoms with Gasteiger partial charge in [0.15, 0.2) is 0 Å². The van der Waals surface area contributed by atoms with Crippen LogP contribution in [0.3, 0.4) is 0 Å². The third-order valence-electron chi connectivity index (χ3n) is 2.56. The number of rotatable bonds is 2. The van der Waals surface area contributed by atoms with Crippen molar-refractivity contribution in [2.24, 2.45) is 5.41 Å². The van der Waals surface area contributed by atoms with Crippen LogP contribution in [0, 0.1) is 5.41 Å². The molecule has 7 heteroatoms. The number of carbonyl (C=O) groups is 2. The first-order valence-electron chi connectivity index (χ1n) is 5.82. The predicted molar refractivity (Wildman–Crippen MR) is 65.4 cm³/mol. The molecule has 108 valence electrons. The number of alkyl halides is 3. The summed E-state index contributed by atoms with van der Waals surface area (Å²) < 4.78 is 30.4. The maximum absolute atomic E-state index is 12.8. The van der Waals surface area contributed by atoms with Crippen LogP contribution in [-0.2, 0) is 14.3 Å². The Morgan fingerprint density at radius 1 is 1.37 bits per heavy atom. The fraction of sp³-hybridized carbons (Fsp3) is 0.667. The summed E-state index contributed by atoms with van der Waals surface area (Å²) in [5.74, 6) is -2.00. The Kier molecular flexibility index (Phi) is 4.55. The fourth-order valence-electron chi connectivity index (χ4n) is 1.50. The number of allylic oxidation sites excluding steroid dienone is 1. The molecule has 1 saturated heterocycles.